The number of aryl methyl sites for hydroxylation is 1. The second-order valence-corrected chi connectivity index (χ2v) is 8.02. The fourth-order valence-electron chi connectivity index (χ4n) is 3.71. The van der Waals surface area contributed by atoms with Crippen LogP contribution in [-0.4, -0.2) is 41.8 Å². The molecule has 2 unspecified atom stereocenters. The Kier molecular flexibility index (Phi) is 4.45. The van der Waals surface area contributed by atoms with Gasteiger partial charge in [-0.3, -0.25) is 13.7 Å². The molecule has 0 aliphatic heterocycles. The van der Waals surface area contributed by atoms with Crippen LogP contribution in [0.1, 0.15) is 22.5 Å². The minimum atomic E-state index is -4.15. The summed E-state index contributed by atoms with van der Waals surface area (Å²) in [6.45, 7) is 2.04. The number of nitrogens with zero attached hydrogens (tertiary/aromatic N) is 2. The number of hydrogen-bond donors (Lipinski definition) is 2. The normalized spacial score (nSPS) is 20.4. The topological polar surface area (TPSA) is 125 Å². The summed E-state index contributed by atoms with van der Waals surface area (Å²) in [6, 6.07) is 3.51. The van der Waals surface area contributed by atoms with Crippen LogP contribution in [0.4, 0.5) is 0 Å². The zero-order chi connectivity index (χ0) is 18.4. The van der Waals surface area contributed by atoms with Gasteiger partial charge < -0.3 is 9.72 Å². The molecule has 2 aromatic heterocycles. The Hall–Kier alpha value is -2.15. The quantitative estimate of drug-likeness (QED) is 0.768. The third kappa shape index (κ3) is 3.20. The predicted molar refractivity (Wildman–Crippen MR) is 90.1 cm³/mol. The number of aromatic amines is 1. The highest BCUT2D eigenvalue weighted by Gasteiger charge is 2.34. The maximum atomic E-state index is 12.4. The molecule has 2 aromatic rings. The summed E-state index contributed by atoms with van der Waals surface area (Å²) in [5, 5.41) is 9.39. The van der Waals surface area contributed by atoms with Gasteiger partial charge in [-0.15, -0.1) is 0 Å². The van der Waals surface area contributed by atoms with E-state index in [4.69, 9.17) is 4.74 Å². The zero-order valence-electron chi connectivity index (χ0n) is 13.9. The first-order chi connectivity index (χ1) is 11.7. The lowest BCUT2D eigenvalue weighted by molar-refractivity contribution is 0.119. The molecule has 0 bridgehead atoms. The Labute approximate surface area is 144 Å². The molecule has 2 N–H and O–H groups in total. The van der Waals surface area contributed by atoms with Gasteiger partial charge in [0, 0.05) is 31.2 Å². The van der Waals surface area contributed by atoms with Gasteiger partial charge in [-0.1, -0.05) is 0 Å². The van der Waals surface area contributed by atoms with Crippen LogP contribution in [0.5, 0.6) is 0 Å². The Morgan fingerprint density at radius 3 is 2.76 bits per heavy atom. The number of nitriles is 1. The Morgan fingerprint density at radius 1 is 1.44 bits per heavy atom. The zero-order valence-corrected chi connectivity index (χ0v) is 14.8. The summed E-state index contributed by atoms with van der Waals surface area (Å²) in [5.41, 5.74) is 2.61. The van der Waals surface area contributed by atoms with Crippen LogP contribution in [-0.2, 0) is 27.7 Å². The minimum Gasteiger partial charge on any atom is -0.384 e. The maximum absolute atomic E-state index is 12.4. The molecule has 3 rings (SSSR count). The van der Waals surface area contributed by atoms with Crippen molar-refractivity contribution in [2.45, 2.75) is 19.8 Å². The van der Waals surface area contributed by atoms with Gasteiger partial charge in [0.15, 0.2) is 0 Å². The molecule has 25 heavy (non-hydrogen) atoms. The van der Waals surface area contributed by atoms with Crippen LogP contribution in [0.3, 0.4) is 0 Å². The number of H-pyrrole nitrogens is 1. The molecule has 0 spiro atoms. The van der Waals surface area contributed by atoms with Crippen LogP contribution in [0, 0.1) is 30.1 Å². The molecule has 2 atom stereocenters. The summed E-state index contributed by atoms with van der Waals surface area (Å²) < 4.78 is 38.6. The Morgan fingerprint density at radius 2 is 2.16 bits per heavy atom. The molecule has 9 heteroatoms. The van der Waals surface area contributed by atoms with E-state index in [9.17, 15) is 23.0 Å². The van der Waals surface area contributed by atoms with Crippen molar-refractivity contribution in [2.24, 2.45) is 11.8 Å². The second-order valence-electron chi connectivity index (χ2n) is 6.52. The van der Waals surface area contributed by atoms with E-state index in [1.165, 1.54) is 17.6 Å². The first-order valence-corrected chi connectivity index (χ1v) is 9.46. The van der Waals surface area contributed by atoms with E-state index in [1.54, 1.807) is 6.92 Å². The predicted octanol–water partition coefficient (Wildman–Crippen LogP) is 0.673. The summed E-state index contributed by atoms with van der Waals surface area (Å²) in [4.78, 5) is 15.6. The van der Waals surface area contributed by atoms with E-state index in [1.807, 2.05) is 0 Å². The third-order valence-corrected chi connectivity index (χ3v) is 5.66. The molecule has 0 aromatic carbocycles. The second kappa shape index (κ2) is 6.29. The molecule has 0 radical (unpaired) electrons. The van der Waals surface area contributed by atoms with E-state index >= 15 is 0 Å². The highest BCUT2D eigenvalue weighted by molar-refractivity contribution is 7.85. The lowest BCUT2D eigenvalue weighted by Crippen LogP contribution is -2.34. The monoisotopic (exact) mass is 365 g/mol. The lowest BCUT2D eigenvalue weighted by atomic mass is 9.81. The Bertz CT molecular complexity index is 1030. The molecule has 0 fully saturated rings. The van der Waals surface area contributed by atoms with Crippen molar-refractivity contribution < 1.29 is 17.7 Å². The van der Waals surface area contributed by atoms with E-state index in [0.717, 1.165) is 5.69 Å². The van der Waals surface area contributed by atoms with Gasteiger partial charge in [0.05, 0.1) is 11.3 Å². The van der Waals surface area contributed by atoms with Crippen LogP contribution < -0.4 is 5.56 Å². The molecular formula is C16H19N3O5S. The molecule has 0 saturated heterocycles. The first kappa shape index (κ1) is 17.7. The average molecular weight is 365 g/mol. The molecule has 2 heterocycles. The van der Waals surface area contributed by atoms with Gasteiger partial charge in [0.1, 0.15) is 11.7 Å². The number of hydrogen-bond acceptors (Lipinski definition) is 5. The largest absolute Gasteiger partial charge is 0.384 e. The molecular weight excluding hydrogens is 346 g/mol. The van der Waals surface area contributed by atoms with E-state index in [2.05, 4.69) is 11.1 Å². The standard InChI is InChI=1S/C16H19N3O5S/c1-9-3-15(20)19-14-5-11(8-25(21,22)23)10(7-24-2)4-13(14)18-16(19)12(9)6-17/h3,10-11,18H,4-5,7-8H2,1-2H3,(H,21,22,23). The number of fused-ring (bicyclic) bond motifs is 3. The number of methoxy groups -OCH3 is 1. The van der Waals surface area contributed by atoms with Crippen molar-refractivity contribution in [3.63, 3.8) is 0 Å². The van der Waals surface area contributed by atoms with Crippen molar-refractivity contribution in [1.82, 2.24) is 9.38 Å². The third-order valence-electron chi connectivity index (χ3n) is 4.81. The fourth-order valence-corrected chi connectivity index (χ4v) is 4.64. The summed E-state index contributed by atoms with van der Waals surface area (Å²) in [6.07, 6.45) is 0.783. The molecule has 8 nitrogen and oxygen atoms in total. The molecule has 1 aliphatic rings. The van der Waals surface area contributed by atoms with Crippen LogP contribution >= 0.6 is 0 Å². The van der Waals surface area contributed by atoms with Gasteiger partial charge >= 0.3 is 0 Å². The van der Waals surface area contributed by atoms with Crippen molar-refractivity contribution in [1.29, 1.82) is 5.26 Å². The smallest absolute Gasteiger partial charge is 0.265 e. The number of aromatic nitrogens is 2. The SMILES string of the molecule is COCC1Cc2[nH]c3c(C#N)c(C)cc(=O)n3c2CC1CS(=O)(=O)O. The van der Waals surface area contributed by atoms with Gasteiger partial charge in [-0.2, -0.15) is 13.7 Å². The van der Waals surface area contributed by atoms with Crippen LogP contribution in [0.25, 0.3) is 5.65 Å². The maximum Gasteiger partial charge on any atom is 0.265 e. The van der Waals surface area contributed by atoms with Gasteiger partial charge in [0.2, 0.25) is 0 Å². The van der Waals surface area contributed by atoms with Crippen molar-refractivity contribution >= 4 is 15.8 Å². The number of imidazole rings is 1. The van der Waals surface area contributed by atoms with Crippen molar-refractivity contribution in [3.8, 4) is 6.07 Å². The van der Waals surface area contributed by atoms with Crippen LogP contribution in [0.2, 0.25) is 0 Å². The van der Waals surface area contributed by atoms with E-state index < -0.39 is 15.9 Å². The van der Waals surface area contributed by atoms with E-state index in [-0.39, 0.29) is 17.4 Å². The van der Waals surface area contributed by atoms with E-state index in [0.29, 0.717) is 41.9 Å². The average Bonchev–Trinajstić information content (AvgIpc) is 2.85. The summed E-state index contributed by atoms with van der Waals surface area (Å²) >= 11 is 0. The van der Waals surface area contributed by atoms with Gasteiger partial charge in [0.25, 0.3) is 15.7 Å². The van der Waals surface area contributed by atoms with Crippen molar-refractivity contribution in [3.05, 3.63) is 38.9 Å². The highest BCUT2D eigenvalue weighted by Crippen LogP contribution is 2.32. The molecule has 1 aliphatic carbocycles. The molecule has 134 valence electrons. The first-order valence-electron chi connectivity index (χ1n) is 7.85. The van der Waals surface area contributed by atoms with Gasteiger partial charge in [-0.05, 0) is 37.2 Å². The van der Waals surface area contributed by atoms with Gasteiger partial charge in [-0.25, -0.2) is 0 Å². The molecule has 0 amide bonds. The molecule has 0 saturated carbocycles. The lowest BCUT2D eigenvalue weighted by Gasteiger charge is -2.30. The van der Waals surface area contributed by atoms with Crippen molar-refractivity contribution in [2.75, 3.05) is 19.5 Å². The Balaban J connectivity index is 2.17. The summed E-state index contributed by atoms with van der Waals surface area (Å²) in [5.74, 6) is -0.881. The van der Waals surface area contributed by atoms with Crippen LogP contribution in [0.15, 0.2) is 10.9 Å². The fraction of sp³-hybridized carbons (Fsp3) is 0.500. The number of nitrogens with one attached hydrogen (secondary N) is 1. The number of pyridine rings is 1. The number of rotatable bonds is 4. The highest BCUT2D eigenvalue weighted by atomic mass is 32.2. The minimum absolute atomic E-state index is 0.116. The number of ether oxygens (including phenoxy) is 1. The summed E-state index contributed by atoms with van der Waals surface area (Å²) in [7, 11) is -2.61.